The van der Waals surface area contributed by atoms with Gasteiger partial charge in [-0.15, -0.1) is 0 Å². The average molecular weight is 333 g/mol. The van der Waals surface area contributed by atoms with E-state index in [-0.39, 0.29) is 0 Å². The van der Waals surface area contributed by atoms with E-state index in [4.69, 9.17) is 4.74 Å². The maximum Gasteiger partial charge on any atom is 0.134 e. The predicted octanol–water partition coefficient (Wildman–Crippen LogP) is 4.65. The summed E-state index contributed by atoms with van der Waals surface area (Å²) in [7, 11) is 3.44. The molecule has 1 fully saturated rings. The van der Waals surface area contributed by atoms with E-state index < -0.39 is 5.60 Å². The molecule has 0 saturated heterocycles. The molecule has 3 aromatic rings. The summed E-state index contributed by atoms with van der Waals surface area (Å²) in [4.78, 5) is 0. The number of ether oxygens (including phenoxy) is 1. The SMILES string of the molecule is OC1(c2c3ccccc3c(OC[Si])c3ccccc23)CCCCC1. The molecule has 4 rings (SSSR count). The zero-order valence-electron chi connectivity index (χ0n) is 13.7. The molecule has 2 nitrogen and oxygen atoms in total. The number of aliphatic hydroxyl groups is 1. The normalized spacial score (nSPS) is 17.2. The molecule has 0 heterocycles. The van der Waals surface area contributed by atoms with Gasteiger partial charge in [0.2, 0.25) is 0 Å². The fraction of sp³-hybridized carbons (Fsp3) is 0.333. The van der Waals surface area contributed by atoms with Gasteiger partial charge < -0.3 is 9.84 Å². The third-order valence-electron chi connectivity index (χ3n) is 5.24. The van der Waals surface area contributed by atoms with Crippen molar-refractivity contribution in [1.29, 1.82) is 0 Å². The highest BCUT2D eigenvalue weighted by Gasteiger charge is 2.35. The molecule has 0 atom stereocenters. The fourth-order valence-corrected chi connectivity index (χ4v) is 4.35. The highest BCUT2D eigenvalue weighted by atomic mass is 28.1. The van der Waals surface area contributed by atoms with E-state index in [2.05, 4.69) is 34.5 Å². The number of benzene rings is 3. The van der Waals surface area contributed by atoms with Crippen molar-refractivity contribution in [1.82, 2.24) is 0 Å². The van der Waals surface area contributed by atoms with Crippen molar-refractivity contribution in [3.63, 3.8) is 0 Å². The van der Waals surface area contributed by atoms with Crippen LogP contribution < -0.4 is 4.74 Å². The number of rotatable bonds is 3. The van der Waals surface area contributed by atoms with Gasteiger partial charge in [-0.2, -0.15) is 0 Å². The van der Waals surface area contributed by atoms with E-state index >= 15 is 0 Å². The van der Waals surface area contributed by atoms with Crippen LogP contribution in [0.5, 0.6) is 5.75 Å². The number of fused-ring (bicyclic) bond motifs is 2. The fourth-order valence-electron chi connectivity index (χ4n) is 4.20. The Hall–Kier alpha value is -1.84. The van der Waals surface area contributed by atoms with Crippen LogP contribution in [0.3, 0.4) is 0 Å². The van der Waals surface area contributed by atoms with Gasteiger partial charge in [0.05, 0.1) is 22.1 Å². The Morgan fingerprint density at radius 2 is 1.33 bits per heavy atom. The molecule has 0 bridgehead atoms. The third kappa shape index (κ3) is 2.43. The van der Waals surface area contributed by atoms with E-state index in [1.807, 2.05) is 24.3 Å². The second-order valence-corrected chi connectivity index (χ2v) is 6.96. The van der Waals surface area contributed by atoms with Crippen LogP contribution in [0.4, 0.5) is 0 Å². The molecule has 0 aromatic heterocycles. The summed E-state index contributed by atoms with van der Waals surface area (Å²) in [5.74, 6) is 0.888. The van der Waals surface area contributed by atoms with Crippen LogP contribution in [0.1, 0.15) is 37.7 Å². The molecule has 3 radical (unpaired) electrons. The van der Waals surface area contributed by atoms with Gasteiger partial charge in [-0.1, -0.05) is 67.8 Å². The van der Waals surface area contributed by atoms with Gasteiger partial charge in [0, 0.05) is 10.8 Å². The maximum atomic E-state index is 11.5. The van der Waals surface area contributed by atoms with E-state index in [0.717, 1.165) is 58.5 Å². The topological polar surface area (TPSA) is 29.5 Å². The van der Waals surface area contributed by atoms with Crippen molar-refractivity contribution in [3.8, 4) is 5.75 Å². The molecule has 0 spiro atoms. The lowest BCUT2D eigenvalue weighted by atomic mass is 9.76. The first-order chi connectivity index (χ1) is 11.7. The Morgan fingerprint density at radius 1 is 0.833 bits per heavy atom. The van der Waals surface area contributed by atoms with E-state index in [1.54, 1.807) is 0 Å². The molecule has 0 unspecified atom stereocenters. The molecule has 1 aliphatic carbocycles. The zero-order valence-corrected chi connectivity index (χ0v) is 14.7. The smallest absolute Gasteiger partial charge is 0.134 e. The first-order valence-corrected chi connectivity index (χ1v) is 9.39. The van der Waals surface area contributed by atoms with Crippen molar-refractivity contribution in [2.45, 2.75) is 37.7 Å². The standard InChI is InChI=1S/C21H21O2Si/c22-21(12-6-1-7-13-21)19-15-8-2-4-10-17(15)20(23-14-24)18-11-5-3-9-16(18)19/h2-5,8-11,22H,1,6-7,12-14H2. The van der Waals surface area contributed by atoms with Gasteiger partial charge in [0.15, 0.2) is 0 Å². The first kappa shape index (κ1) is 15.7. The Labute approximate surface area is 145 Å². The molecule has 1 aliphatic rings. The summed E-state index contributed by atoms with van der Waals surface area (Å²) < 4.78 is 5.94. The minimum atomic E-state index is -0.746. The summed E-state index contributed by atoms with van der Waals surface area (Å²) in [5.41, 5.74) is 0.332. The average Bonchev–Trinajstić information content (AvgIpc) is 2.62. The number of hydrogen-bond donors (Lipinski definition) is 1. The van der Waals surface area contributed by atoms with Crippen molar-refractivity contribution >= 4 is 31.8 Å². The number of hydrogen-bond acceptors (Lipinski definition) is 2. The van der Waals surface area contributed by atoms with E-state index in [9.17, 15) is 5.11 Å². The van der Waals surface area contributed by atoms with Gasteiger partial charge in [-0.05, 0) is 29.2 Å². The highest BCUT2D eigenvalue weighted by Crippen LogP contribution is 2.47. The molecular formula is C21H21O2Si. The zero-order chi connectivity index (χ0) is 16.6. The van der Waals surface area contributed by atoms with Crippen molar-refractivity contribution in [2.75, 3.05) is 6.23 Å². The lowest BCUT2D eigenvalue weighted by Gasteiger charge is -2.35. The van der Waals surface area contributed by atoms with Crippen LogP contribution >= 0.6 is 0 Å². The Kier molecular flexibility index (Phi) is 4.07. The van der Waals surface area contributed by atoms with Gasteiger partial charge in [0.1, 0.15) is 5.75 Å². The van der Waals surface area contributed by atoms with Gasteiger partial charge >= 0.3 is 0 Å². The summed E-state index contributed by atoms with van der Waals surface area (Å²) >= 11 is 0. The van der Waals surface area contributed by atoms with Crippen LogP contribution in [-0.4, -0.2) is 21.6 Å². The molecule has 1 N–H and O–H groups in total. The molecule has 1 saturated carbocycles. The monoisotopic (exact) mass is 333 g/mol. The van der Waals surface area contributed by atoms with Gasteiger partial charge in [-0.3, -0.25) is 0 Å². The van der Waals surface area contributed by atoms with E-state index in [0.29, 0.717) is 6.23 Å². The van der Waals surface area contributed by atoms with Crippen LogP contribution in [0.15, 0.2) is 48.5 Å². The summed E-state index contributed by atoms with van der Waals surface area (Å²) in [5, 5.41) is 15.9. The first-order valence-electron chi connectivity index (χ1n) is 8.68. The molecule has 3 heteroatoms. The minimum Gasteiger partial charge on any atom is -0.497 e. The summed E-state index contributed by atoms with van der Waals surface area (Å²) in [6, 6.07) is 16.6. The Bertz CT molecular complexity index is 825. The lowest BCUT2D eigenvalue weighted by molar-refractivity contribution is 0.00209. The molecule has 121 valence electrons. The second-order valence-electron chi connectivity index (χ2n) is 6.68. The van der Waals surface area contributed by atoms with Crippen molar-refractivity contribution in [2.24, 2.45) is 0 Å². The van der Waals surface area contributed by atoms with Gasteiger partial charge in [0.25, 0.3) is 0 Å². The maximum absolute atomic E-state index is 11.5. The van der Waals surface area contributed by atoms with Crippen LogP contribution in [-0.2, 0) is 5.60 Å². The molecule has 24 heavy (non-hydrogen) atoms. The highest BCUT2D eigenvalue weighted by molar-refractivity contribution is 6.11. The molecule has 3 aromatic carbocycles. The van der Waals surface area contributed by atoms with Crippen LogP contribution in [0.25, 0.3) is 21.5 Å². The Morgan fingerprint density at radius 3 is 1.83 bits per heavy atom. The summed E-state index contributed by atoms with van der Waals surface area (Å²) in [6.45, 7) is 0. The second kappa shape index (κ2) is 6.23. The van der Waals surface area contributed by atoms with Crippen molar-refractivity contribution in [3.05, 3.63) is 54.1 Å². The largest absolute Gasteiger partial charge is 0.497 e. The van der Waals surface area contributed by atoms with Crippen molar-refractivity contribution < 1.29 is 9.84 Å². The van der Waals surface area contributed by atoms with Gasteiger partial charge in [-0.25, -0.2) is 0 Å². The lowest BCUT2D eigenvalue weighted by Crippen LogP contribution is -2.29. The third-order valence-corrected chi connectivity index (χ3v) is 5.39. The predicted molar refractivity (Wildman–Crippen MR) is 99.7 cm³/mol. The molecule has 0 amide bonds. The summed E-state index contributed by atoms with van der Waals surface area (Å²) in [6.07, 6.45) is 5.48. The van der Waals surface area contributed by atoms with Crippen LogP contribution in [0.2, 0.25) is 0 Å². The van der Waals surface area contributed by atoms with E-state index in [1.165, 1.54) is 6.42 Å². The minimum absolute atomic E-state index is 0.442. The molecular weight excluding hydrogens is 312 g/mol. The molecule has 0 aliphatic heterocycles. The quantitative estimate of drug-likeness (QED) is 0.558. The Balaban J connectivity index is 2.13. The van der Waals surface area contributed by atoms with Crippen LogP contribution in [0, 0.1) is 0 Å².